The molecule has 5 aromatic carbocycles. The van der Waals surface area contributed by atoms with Crippen molar-refractivity contribution in [1.82, 2.24) is 13.8 Å². The maximum Gasteiger partial charge on any atom is 0.203 e. The van der Waals surface area contributed by atoms with Crippen LogP contribution < -0.4 is 14.6 Å². The van der Waals surface area contributed by atoms with E-state index in [-0.39, 0.29) is 5.92 Å². The molecule has 6 heterocycles. The van der Waals surface area contributed by atoms with Crippen LogP contribution in [0.15, 0.2) is 157 Å². The van der Waals surface area contributed by atoms with Gasteiger partial charge in [0.15, 0.2) is 6.54 Å². The largest absolute Gasteiger partial charge is 0.380 e. The van der Waals surface area contributed by atoms with Crippen LogP contribution in [-0.4, -0.2) is 26.6 Å². The van der Waals surface area contributed by atoms with Gasteiger partial charge in [-0.3, -0.25) is 4.99 Å². The highest BCUT2D eigenvalue weighted by Gasteiger charge is 2.27. The Morgan fingerprint density at radius 1 is 0.684 bits per heavy atom. The van der Waals surface area contributed by atoms with Gasteiger partial charge in [-0.1, -0.05) is 84.9 Å². The molecule has 0 fully saturated rings. The van der Waals surface area contributed by atoms with Crippen molar-refractivity contribution < 1.29 is 9.25 Å². The average Bonchev–Trinajstić information content (AvgIpc) is 3.91. The fourth-order valence-corrected chi connectivity index (χ4v) is 9.51. The summed E-state index contributed by atoms with van der Waals surface area (Å²) in [4.78, 5) is 5.27. The fraction of sp³-hybridized carbons (Fsp3) is 0.180. The van der Waals surface area contributed by atoms with Gasteiger partial charge in [0.05, 0.1) is 5.39 Å². The van der Waals surface area contributed by atoms with Crippen molar-refractivity contribution in [2.24, 2.45) is 12.0 Å². The molecule has 2 aliphatic heterocycles. The summed E-state index contributed by atoms with van der Waals surface area (Å²) in [6.07, 6.45) is 10.1. The second-order valence-electron chi connectivity index (χ2n) is 15.8. The second kappa shape index (κ2) is 13.8. The summed E-state index contributed by atoms with van der Waals surface area (Å²) < 4.78 is 12.0. The molecule has 9 aromatic rings. The van der Waals surface area contributed by atoms with Gasteiger partial charge in [-0.15, -0.1) is 9.36 Å². The van der Waals surface area contributed by atoms with Crippen LogP contribution in [0.3, 0.4) is 0 Å². The van der Waals surface area contributed by atoms with Gasteiger partial charge in [0, 0.05) is 88.4 Å². The summed E-state index contributed by atoms with van der Waals surface area (Å²) in [6.45, 7) is 4.81. The van der Waals surface area contributed by atoms with E-state index in [9.17, 15) is 0 Å². The number of nitrogens with zero attached hydrogens (tertiary/aromatic N) is 6. The Hall–Kier alpha value is -6.73. The smallest absolute Gasteiger partial charge is 0.203 e. The van der Waals surface area contributed by atoms with Gasteiger partial charge in [-0.25, -0.2) is 0 Å². The number of anilines is 1. The molecular formula is C50H45N7+2. The Labute approximate surface area is 332 Å². The normalized spacial score (nSPS) is 15.0. The van der Waals surface area contributed by atoms with Crippen molar-refractivity contribution in [3.8, 4) is 0 Å². The molecule has 7 nitrogen and oxygen atoms in total. The van der Waals surface area contributed by atoms with E-state index < -0.39 is 0 Å². The zero-order valence-corrected chi connectivity index (χ0v) is 32.2. The van der Waals surface area contributed by atoms with E-state index in [1.807, 2.05) is 0 Å². The average molecular weight is 744 g/mol. The molecule has 4 aromatic heterocycles. The third-order valence-corrected chi connectivity index (χ3v) is 12.5. The number of aliphatic imine (C=N–C) groups is 1. The van der Waals surface area contributed by atoms with Gasteiger partial charge in [0.2, 0.25) is 17.6 Å². The number of pyridine rings is 1. The van der Waals surface area contributed by atoms with Gasteiger partial charge in [-0.05, 0) is 65.1 Å². The number of benzene rings is 5. The highest BCUT2D eigenvalue weighted by molar-refractivity contribution is 5.89. The molecule has 6 bridgehead atoms. The molecule has 1 atom stereocenters. The van der Waals surface area contributed by atoms with Crippen LogP contribution in [-0.2, 0) is 46.2 Å². The minimum absolute atomic E-state index is 0.188. The number of fused-ring (bicyclic) bond motifs is 16. The van der Waals surface area contributed by atoms with Crippen LogP contribution >= 0.6 is 0 Å². The van der Waals surface area contributed by atoms with E-state index in [0.717, 1.165) is 50.4 Å². The van der Waals surface area contributed by atoms with E-state index in [1.54, 1.807) is 0 Å². The van der Waals surface area contributed by atoms with E-state index in [0.29, 0.717) is 6.54 Å². The number of hydrogen-bond acceptors (Lipinski definition) is 2. The number of nitrogens with one attached hydrogen (secondary N) is 1. The lowest BCUT2D eigenvalue weighted by Crippen LogP contribution is -2.47. The summed E-state index contributed by atoms with van der Waals surface area (Å²) in [6, 6.07) is 48.6. The van der Waals surface area contributed by atoms with Crippen molar-refractivity contribution in [3.05, 3.63) is 197 Å². The Morgan fingerprint density at radius 2 is 1.39 bits per heavy atom. The second-order valence-corrected chi connectivity index (χ2v) is 15.8. The van der Waals surface area contributed by atoms with Crippen LogP contribution in [0.4, 0.5) is 5.69 Å². The van der Waals surface area contributed by atoms with E-state index in [4.69, 9.17) is 4.99 Å². The summed E-state index contributed by atoms with van der Waals surface area (Å²) >= 11 is 0. The number of hydrogen-bond donors (Lipinski definition) is 1. The predicted octanol–water partition coefficient (Wildman–Crippen LogP) is 8.54. The number of para-hydroxylation sites is 4. The van der Waals surface area contributed by atoms with Gasteiger partial charge in [0.25, 0.3) is 0 Å². The van der Waals surface area contributed by atoms with Crippen LogP contribution in [0.2, 0.25) is 0 Å². The maximum atomic E-state index is 5.27. The molecule has 11 rings (SSSR count). The van der Waals surface area contributed by atoms with Crippen LogP contribution in [0.5, 0.6) is 0 Å². The molecule has 2 aliphatic rings. The zero-order valence-electron chi connectivity index (χ0n) is 32.2. The highest BCUT2D eigenvalue weighted by atomic mass is 15.4. The Bertz CT molecular complexity index is 3010. The Kier molecular flexibility index (Phi) is 8.12. The summed E-state index contributed by atoms with van der Waals surface area (Å²) in [7, 11) is 2.21. The maximum absolute atomic E-state index is 5.27. The molecule has 0 saturated heterocycles. The van der Waals surface area contributed by atoms with Crippen molar-refractivity contribution >= 4 is 44.6 Å². The van der Waals surface area contributed by atoms with Crippen molar-refractivity contribution in [2.75, 3.05) is 11.9 Å². The summed E-state index contributed by atoms with van der Waals surface area (Å²) in [5.41, 5.74) is 15.5. The lowest BCUT2D eigenvalue weighted by Gasteiger charge is -2.19. The molecule has 1 unspecified atom stereocenters. The molecule has 278 valence electrons. The first kappa shape index (κ1) is 33.6. The Balaban J connectivity index is 0.909. The van der Waals surface area contributed by atoms with E-state index >= 15 is 0 Å². The summed E-state index contributed by atoms with van der Waals surface area (Å²) in [5, 5.41) is 7.73. The van der Waals surface area contributed by atoms with Crippen molar-refractivity contribution in [2.45, 2.75) is 45.1 Å². The minimum Gasteiger partial charge on any atom is -0.380 e. The fourth-order valence-electron chi connectivity index (χ4n) is 9.51. The van der Waals surface area contributed by atoms with Crippen LogP contribution in [0, 0.1) is 0 Å². The predicted molar refractivity (Wildman–Crippen MR) is 229 cm³/mol. The number of rotatable bonds is 6. The first-order chi connectivity index (χ1) is 28.1. The zero-order chi connectivity index (χ0) is 37.9. The van der Waals surface area contributed by atoms with Gasteiger partial charge < -0.3 is 14.5 Å². The standard InChI is InChI=1S/C50H45N7/c1-53-41-16-11-17-42(53)32-55-33-46(44-19-5-9-23-50(44)55)39(24-40-28-54(31-41)49-22-8-4-18-43(40)49)26-51-25-36-12-2-6-20-47(36)52-27-35-14-10-15-37-30-57-48-21-7-3-13-38(48)29-56(57)34-45(35)37/h2-23,25,28-29,33,39,52H,24,26-27,30-32,34H2,1H3/q+2. The van der Waals surface area contributed by atoms with Gasteiger partial charge >= 0.3 is 0 Å². The molecule has 0 radical (unpaired) electrons. The minimum atomic E-state index is 0.188. The third kappa shape index (κ3) is 5.93. The lowest BCUT2D eigenvalue weighted by molar-refractivity contribution is -0.768. The third-order valence-electron chi connectivity index (χ3n) is 12.5. The van der Waals surface area contributed by atoms with E-state index in [1.165, 1.54) is 71.9 Å². The molecule has 0 spiro atoms. The van der Waals surface area contributed by atoms with E-state index in [2.05, 4.69) is 194 Å². The first-order valence-corrected chi connectivity index (χ1v) is 20.2. The van der Waals surface area contributed by atoms with Crippen LogP contribution in [0.1, 0.15) is 50.7 Å². The number of aromatic nitrogens is 5. The molecule has 0 amide bonds. The molecule has 7 heteroatoms. The molecule has 0 aliphatic carbocycles. The highest BCUT2D eigenvalue weighted by Crippen LogP contribution is 2.34. The summed E-state index contributed by atoms with van der Waals surface area (Å²) in [5.74, 6) is 0.188. The Morgan fingerprint density at radius 3 is 2.25 bits per heavy atom. The first-order valence-electron chi connectivity index (χ1n) is 20.2. The van der Waals surface area contributed by atoms with Crippen molar-refractivity contribution in [3.63, 3.8) is 0 Å². The topological polar surface area (TPSA) is 46.9 Å². The lowest BCUT2D eigenvalue weighted by atomic mass is 9.91. The molecule has 57 heavy (non-hydrogen) atoms. The SMILES string of the molecule is C[n+]1c2cccc1Cn1cc(c3ccccc31)C(CN=Cc1ccccc1NCc1cccc3c1C[n+]1cc4ccccc4n1C3)Cc1cn(c3ccccc13)C2. The van der Waals surface area contributed by atoms with Crippen molar-refractivity contribution in [1.29, 1.82) is 0 Å². The molecule has 1 N–H and O–H groups in total. The molecule has 0 saturated carbocycles. The monoisotopic (exact) mass is 743 g/mol. The van der Waals surface area contributed by atoms with Crippen LogP contribution in [0.25, 0.3) is 32.7 Å². The van der Waals surface area contributed by atoms with Gasteiger partial charge in [-0.2, -0.15) is 4.57 Å². The van der Waals surface area contributed by atoms with Gasteiger partial charge in [0.1, 0.15) is 32.2 Å². The molecular weight excluding hydrogens is 699 g/mol. The quantitative estimate of drug-likeness (QED) is 0.135.